The molecule has 1 atom stereocenters. The lowest BCUT2D eigenvalue weighted by Crippen LogP contribution is -2.19. The lowest BCUT2D eigenvalue weighted by atomic mass is 10.2. The van der Waals surface area contributed by atoms with Gasteiger partial charge in [-0.15, -0.1) is 10.2 Å². The zero-order valence-corrected chi connectivity index (χ0v) is 11.9. The first-order valence-electron chi connectivity index (χ1n) is 6.51. The molecule has 0 saturated heterocycles. The Kier molecular flexibility index (Phi) is 4.89. The summed E-state index contributed by atoms with van der Waals surface area (Å²) in [4.78, 5) is 0. The highest BCUT2D eigenvalue weighted by atomic mass is 16.5. The molecule has 20 heavy (non-hydrogen) atoms. The van der Waals surface area contributed by atoms with Gasteiger partial charge in [-0.05, 0) is 31.5 Å². The Morgan fingerprint density at radius 1 is 1.35 bits per heavy atom. The highest BCUT2D eigenvalue weighted by Gasteiger charge is 2.10. The molecule has 0 radical (unpaired) electrons. The molecule has 1 aromatic carbocycles. The van der Waals surface area contributed by atoms with Crippen LogP contribution in [0.15, 0.2) is 18.2 Å². The molecule has 2 rings (SSSR count). The number of hydrogen-bond donors (Lipinski definition) is 2. The molecule has 7 nitrogen and oxygen atoms in total. The third kappa shape index (κ3) is 3.45. The van der Waals surface area contributed by atoms with Crippen molar-refractivity contribution in [3.8, 4) is 11.5 Å². The number of benzene rings is 1. The summed E-state index contributed by atoms with van der Waals surface area (Å²) in [6, 6.07) is 5.90. The molecule has 0 spiro atoms. The lowest BCUT2D eigenvalue weighted by Gasteiger charge is -2.13. The SMILES string of the molecule is CCOc1ccc(CNC(C)c2nn[nH]n2)cc1OC. The first kappa shape index (κ1) is 14.3. The normalized spacial score (nSPS) is 12.2. The van der Waals surface area contributed by atoms with Gasteiger partial charge in [0.05, 0.1) is 19.8 Å². The van der Waals surface area contributed by atoms with Gasteiger partial charge < -0.3 is 14.8 Å². The Balaban J connectivity index is 1.99. The van der Waals surface area contributed by atoms with Crippen molar-refractivity contribution < 1.29 is 9.47 Å². The molecule has 0 fully saturated rings. The summed E-state index contributed by atoms with van der Waals surface area (Å²) in [6.45, 7) is 5.22. The molecule has 1 heterocycles. The minimum absolute atomic E-state index is 0.0197. The van der Waals surface area contributed by atoms with Gasteiger partial charge in [-0.2, -0.15) is 5.21 Å². The molecule has 2 aromatic rings. The van der Waals surface area contributed by atoms with Crippen molar-refractivity contribution in [2.45, 2.75) is 26.4 Å². The summed E-state index contributed by atoms with van der Waals surface area (Å²) in [5.74, 6) is 2.13. The molecule has 0 aliphatic carbocycles. The molecule has 2 N–H and O–H groups in total. The maximum Gasteiger partial charge on any atom is 0.191 e. The molecule has 108 valence electrons. The second kappa shape index (κ2) is 6.85. The summed E-state index contributed by atoms with van der Waals surface area (Å²) in [5, 5.41) is 17.2. The summed E-state index contributed by atoms with van der Waals surface area (Å²) < 4.78 is 10.8. The maximum absolute atomic E-state index is 5.49. The van der Waals surface area contributed by atoms with Crippen molar-refractivity contribution >= 4 is 0 Å². The van der Waals surface area contributed by atoms with Gasteiger partial charge in [0.15, 0.2) is 17.3 Å². The van der Waals surface area contributed by atoms with E-state index in [0.717, 1.165) is 17.1 Å². The molecule has 0 amide bonds. The number of H-pyrrole nitrogens is 1. The number of aromatic amines is 1. The van der Waals surface area contributed by atoms with Crippen LogP contribution < -0.4 is 14.8 Å². The number of rotatable bonds is 7. The smallest absolute Gasteiger partial charge is 0.191 e. The van der Waals surface area contributed by atoms with E-state index in [0.29, 0.717) is 19.0 Å². The van der Waals surface area contributed by atoms with E-state index in [1.807, 2.05) is 32.0 Å². The van der Waals surface area contributed by atoms with E-state index < -0.39 is 0 Å². The standard InChI is InChI=1S/C13H19N5O2/c1-4-20-11-6-5-10(7-12(11)19-3)8-14-9(2)13-15-17-18-16-13/h5-7,9,14H,4,8H2,1-3H3,(H,15,16,17,18). The van der Waals surface area contributed by atoms with E-state index in [-0.39, 0.29) is 6.04 Å². The fourth-order valence-electron chi connectivity index (χ4n) is 1.81. The summed E-state index contributed by atoms with van der Waals surface area (Å²) in [5.41, 5.74) is 1.10. The number of nitrogens with zero attached hydrogens (tertiary/aromatic N) is 3. The maximum atomic E-state index is 5.49. The summed E-state index contributed by atoms with van der Waals surface area (Å²) >= 11 is 0. The highest BCUT2D eigenvalue weighted by Crippen LogP contribution is 2.28. The van der Waals surface area contributed by atoms with Gasteiger partial charge >= 0.3 is 0 Å². The van der Waals surface area contributed by atoms with Crippen LogP contribution in [-0.4, -0.2) is 34.3 Å². The molecule has 0 aliphatic heterocycles. The first-order valence-corrected chi connectivity index (χ1v) is 6.51. The van der Waals surface area contributed by atoms with E-state index in [4.69, 9.17) is 9.47 Å². The fraction of sp³-hybridized carbons (Fsp3) is 0.462. The molecule has 0 aliphatic rings. The molecule has 1 aromatic heterocycles. The zero-order chi connectivity index (χ0) is 14.4. The monoisotopic (exact) mass is 277 g/mol. The van der Waals surface area contributed by atoms with Gasteiger partial charge in [0, 0.05) is 6.54 Å². The van der Waals surface area contributed by atoms with Crippen LogP contribution in [-0.2, 0) is 6.54 Å². The van der Waals surface area contributed by atoms with Crippen LogP contribution in [0, 0.1) is 0 Å². The molecule has 7 heteroatoms. The van der Waals surface area contributed by atoms with Crippen molar-refractivity contribution in [1.82, 2.24) is 25.9 Å². The van der Waals surface area contributed by atoms with Crippen molar-refractivity contribution in [1.29, 1.82) is 0 Å². The zero-order valence-electron chi connectivity index (χ0n) is 11.9. The number of aromatic nitrogens is 4. The highest BCUT2D eigenvalue weighted by molar-refractivity contribution is 5.42. The number of methoxy groups -OCH3 is 1. The van der Waals surface area contributed by atoms with E-state index in [9.17, 15) is 0 Å². The number of ether oxygens (including phenoxy) is 2. The van der Waals surface area contributed by atoms with Gasteiger partial charge in [0.25, 0.3) is 0 Å². The second-order valence-corrected chi connectivity index (χ2v) is 4.29. The van der Waals surface area contributed by atoms with Gasteiger partial charge in [-0.3, -0.25) is 0 Å². The predicted molar refractivity (Wildman–Crippen MR) is 73.6 cm³/mol. The molecule has 0 saturated carbocycles. The van der Waals surface area contributed by atoms with Crippen LogP contribution in [0.25, 0.3) is 0 Å². The van der Waals surface area contributed by atoms with Crippen LogP contribution in [0.2, 0.25) is 0 Å². The molecular weight excluding hydrogens is 258 g/mol. The third-order valence-corrected chi connectivity index (χ3v) is 2.89. The number of hydrogen-bond acceptors (Lipinski definition) is 6. The molecular formula is C13H19N5O2. The Labute approximate surface area is 117 Å². The lowest BCUT2D eigenvalue weighted by molar-refractivity contribution is 0.310. The van der Waals surface area contributed by atoms with E-state index >= 15 is 0 Å². The van der Waals surface area contributed by atoms with Gasteiger partial charge in [-0.1, -0.05) is 11.3 Å². The number of tetrazole rings is 1. The Bertz CT molecular complexity index is 530. The fourth-order valence-corrected chi connectivity index (χ4v) is 1.81. The quantitative estimate of drug-likeness (QED) is 0.797. The molecule has 1 unspecified atom stereocenters. The van der Waals surface area contributed by atoms with Crippen molar-refractivity contribution in [2.75, 3.05) is 13.7 Å². The Morgan fingerprint density at radius 3 is 2.85 bits per heavy atom. The van der Waals surface area contributed by atoms with Crippen molar-refractivity contribution in [2.24, 2.45) is 0 Å². The van der Waals surface area contributed by atoms with Crippen LogP contribution in [0.1, 0.15) is 31.3 Å². The number of nitrogens with one attached hydrogen (secondary N) is 2. The van der Waals surface area contributed by atoms with E-state index in [1.54, 1.807) is 7.11 Å². The van der Waals surface area contributed by atoms with Crippen LogP contribution >= 0.6 is 0 Å². The van der Waals surface area contributed by atoms with Gasteiger partial charge in [0.2, 0.25) is 0 Å². The Morgan fingerprint density at radius 2 is 2.20 bits per heavy atom. The average molecular weight is 277 g/mol. The van der Waals surface area contributed by atoms with Gasteiger partial charge in [-0.25, -0.2) is 0 Å². The van der Waals surface area contributed by atoms with Crippen molar-refractivity contribution in [3.63, 3.8) is 0 Å². The predicted octanol–water partition coefficient (Wildman–Crippen LogP) is 1.46. The minimum Gasteiger partial charge on any atom is -0.493 e. The second-order valence-electron chi connectivity index (χ2n) is 4.29. The minimum atomic E-state index is 0.0197. The Hall–Kier alpha value is -2.15. The molecule has 0 bridgehead atoms. The van der Waals surface area contributed by atoms with Crippen LogP contribution in [0.5, 0.6) is 11.5 Å². The summed E-state index contributed by atoms with van der Waals surface area (Å²) in [6.07, 6.45) is 0. The van der Waals surface area contributed by atoms with E-state index in [1.165, 1.54) is 0 Å². The third-order valence-electron chi connectivity index (χ3n) is 2.89. The average Bonchev–Trinajstić information content (AvgIpc) is 3.00. The first-order chi connectivity index (χ1) is 9.74. The summed E-state index contributed by atoms with van der Waals surface area (Å²) in [7, 11) is 1.64. The largest absolute Gasteiger partial charge is 0.493 e. The van der Waals surface area contributed by atoms with E-state index in [2.05, 4.69) is 25.9 Å². The van der Waals surface area contributed by atoms with Crippen molar-refractivity contribution in [3.05, 3.63) is 29.6 Å². The topological polar surface area (TPSA) is 85.0 Å². The van der Waals surface area contributed by atoms with Crippen LogP contribution in [0.3, 0.4) is 0 Å². The van der Waals surface area contributed by atoms with Crippen LogP contribution in [0.4, 0.5) is 0 Å². The van der Waals surface area contributed by atoms with Gasteiger partial charge in [0.1, 0.15) is 0 Å².